The molecular weight excluding hydrogens is 316 g/mol. The molecule has 2 unspecified atom stereocenters. The molecule has 5 heteroatoms. The molecule has 0 aliphatic carbocycles. The van der Waals surface area contributed by atoms with Gasteiger partial charge in [-0.2, -0.15) is 0 Å². The molecule has 2 atom stereocenters. The van der Waals surface area contributed by atoms with Crippen molar-refractivity contribution in [1.29, 1.82) is 0 Å². The van der Waals surface area contributed by atoms with Crippen molar-refractivity contribution in [2.75, 3.05) is 6.61 Å². The maximum Gasteiger partial charge on any atom is 0.260 e. The number of carbonyl (C=O) groups excluding carboxylic acids is 2. The number of ether oxygens (including phenoxy) is 1. The molecule has 0 saturated carbocycles. The smallest absolute Gasteiger partial charge is 0.260 e. The van der Waals surface area contributed by atoms with Crippen LogP contribution in [0.25, 0.3) is 0 Å². The van der Waals surface area contributed by atoms with E-state index >= 15 is 0 Å². The monoisotopic (exact) mass is 346 g/mol. The highest BCUT2D eigenvalue weighted by Crippen LogP contribution is 2.23. The van der Waals surface area contributed by atoms with Crippen molar-refractivity contribution < 1.29 is 14.3 Å². The molecule has 0 spiro atoms. The van der Waals surface area contributed by atoms with E-state index in [1.165, 1.54) is 6.42 Å². The summed E-state index contributed by atoms with van der Waals surface area (Å²) >= 11 is 0. The Kier molecular flexibility index (Phi) is 6.09. The van der Waals surface area contributed by atoms with Crippen LogP contribution in [0, 0.1) is 0 Å². The van der Waals surface area contributed by atoms with Crippen LogP contribution in [-0.2, 0) is 4.79 Å². The minimum atomic E-state index is -0.277. The first kappa shape index (κ1) is 19.3. The van der Waals surface area contributed by atoms with E-state index in [1.54, 1.807) is 24.3 Å². The van der Waals surface area contributed by atoms with Gasteiger partial charge >= 0.3 is 0 Å². The second-order valence-corrected chi connectivity index (χ2v) is 7.95. The average Bonchev–Trinajstić information content (AvgIpc) is 2.51. The van der Waals surface area contributed by atoms with Gasteiger partial charge in [0.1, 0.15) is 5.75 Å². The summed E-state index contributed by atoms with van der Waals surface area (Å²) in [5.41, 5.74) is 0.299. The average molecular weight is 346 g/mol. The zero-order valence-corrected chi connectivity index (χ0v) is 16.0. The molecular formula is C20H30N2O3. The van der Waals surface area contributed by atoms with Gasteiger partial charge in [0.2, 0.25) is 0 Å². The van der Waals surface area contributed by atoms with E-state index in [0.717, 1.165) is 12.8 Å². The summed E-state index contributed by atoms with van der Waals surface area (Å²) in [5.74, 6) is 0.498. The molecule has 0 radical (unpaired) electrons. The number of nitrogens with zero attached hydrogens (tertiary/aromatic N) is 1. The van der Waals surface area contributed by atoms with Gasteiger partial charge in [-0.1, -0.05) is 0 Å². The van der Waals surface area contributed by atoms with E-state index < -0.39 is 0 Å². The number of nitrogens with one attached hydrogen (secondary N) is 1. The normalized spacial score (nSPS) is 20.9. The lowest BCUT2D eigenvalue weighted by molar-refractivity contribution is -0.139. The lowest BCUT2D eigenvalue weighted by atomic mass is 9.97. The van der Waals surface area contributed by atoms with Crippen LogP contribution in [0.5, 0.6) is 5.75 Å². The van der Waals surface area contributed by atoms with Gasteiger partial charge in [0, 0.05) is 23.2 Å². The molecule has 25 heavy (non-hydrogen) atoms. The van der Waals surface area contributed by atoms with Crippen LogP contribution in [-0.4, -0.2) is 40.9 Å². The fraction of sp³-hybridized carbons (Fsp3) is 0.600. The standard InChI is InChI=1S/C20H30N2O3/c1-14-7-6-8-15(2)22(14)18(23)13-25-17-11-9-16(10-12-17)19(24)21-20(3,4)5/h9-12,14-15H,6-8,13H2,1-5H3,(H,21,24). The van der Waals surface area contributed by atoms with E-state index in [4.69, 9.17) is 4.74 Å². The summed E-state index contributed by atoms with van der Waals surface area (Å²) in [6, 6.07) is 7.42. The number of likely N-dealkylation sites (tertiary alicyclic amines) is 1. The number of carbonyl (C=O) groups is 2. The highest BCUT2D eigenvalue weighted by Gasteiger charge is 2.29. The number of benzene rings is 1. The Morgan fingerprint density at radius 2 is 1.68 bits per heavy atom. The molecule has 0 bridgehead atoms. The van der Waals surface area contributed by atoms with Gasteiger partial charge in [-0.05, 0) is 78.1 Å². The number of amides is 2. The van der Waals surface area contributed by atoms with Crippen LogP contribution in [0.1, 0.15) is 64.2 Å². The molecule has 1 aliphatic rings. The van der Waals surface area contributed by atoms with E-state index in [9.17, 15) is 9.59 Å². The Hall–Kier alpha value is -2.04. The Morgan fingerprint density at radius 1 is 1.12 bits per heavy atom. The van der Waals surface area contributed by atoms with Crippen LogP contribution in [0.4, 0.5) is 0 Å². The second-order valence-electron chi connectivity index (χ2n) is 7.95. The third-order valence-electron chi connectivity index (χ3n) is 4.45. The highest BCUT2D eigenvalue weighted by molar-refractivity contribution is 5.94. The molecule has 138 valence electrons. The van der Waals surface area contributed by atoms with Crippen molar-refractivity contribution in [3.8, 4) is 5.75 Å². The zero-order chi connectivity index (χ0) is 18.6. The largest absolute Gasteiger partial charge is 0.484 e. The van der Waals surface area contributed by atoms with Crippen molar-refractivity contribution in [2.24, 2.45) is 0 Å². The Bertz CT molecular complexity index is 594. The van der Waals surface area contributed by atoms with Crippen molar-refractivity contribution in [1.82, 2.24) is 10.2 Å². The predicted octanol–water partition coefficient (Wildman–Crippen LogP) is 3.38. The molecule has 0 aromatic heterocycles. The van der Waals surface area contributed by atoms with Crippen LogP contribution in [0.2, 0.25) is 0 Å². The summed E-state index contributed by atoms with van der Waals surface area (Å²) in [7, 11) is 0. The van der Waals surface area contributed by atoms with Gasteiger partial charge in [-0.3, -0.25) is 9.59 Å². The quantitative estimate of drug-likeness (QED) is 0.909. The number of piperidine rings is 1. The van der Waals surface area contributed by atoms with Crippen LogP contribution in [0.15, 0.2) is 24.3 Å². The topological polar surface area (TPSA) is 58.6 Å². The summed E-state index contributed by atoms with van der Waals surface area (Å²) in [5, 5.41) is 2.92. The first-order valence-electron chi connectivity index (χ1n) is 9.04. The lowest BCUT2D eigenvalue weighted by Crippen LogP contribution is -2.49. The number of rotatable bonds is 4. The first-order valence-corrected chi connectivity index (χ1v) is 9.04. The molecule has 2 amide bonds. The Balaban J connectivity index is 1.91. The van der Waals surface area contributed by atoms with E-state index in [2.05, 4.69) is 19.2 Å². The molecule has 1 saturated heterocycles. The SMILES string of the molecule is CC1CCCC(C)N1C(=O)COc1ccc(C(=O)NC(C)(C)C)cc1. The third kappa shape index (κ3) is 5.48. The van der Waals surface area contributed by atoms with Gasteiger partial charge in [-0.25, -0.2) is 0 Å². The van der Waals surface area contributed by atoms with E-state index in [0.29, 0.717) is 11.3 Å². The minimum absolute atomic E-state index is 0.0225. The fourth-order valence-electron chi connectivity index (χ4n) is 3.25. The van der Waals surface area contributed by atoms with Crippen LogP contribution >= 0.6 is 0 Å². The Morgan fingerprint density at radius 3 is 2.20 bits per heavy atom. The second kappa shape index (κ2) is 7.89. The zero-order valence-electron chi connectivity index (χ0n) is 16.0. The minimum Gasteiger partial charge on any atom is -0.484 e. The van der Waals surface area contributed by atoms with Gasteiger partial charge < -0.3 is 15.0 Å². The maximum absolute atomic E-state index is 12.5. The van der Waals surface area contributed by atoms with Crippen LogP contribution < -0.4 is 10.1 Å². The van der Waals surface area contributed by atoms with Crippen molar-refractivity contribution >= 4 is 11.8 Å². The molecule has 1 aliphatic heterocycles. The molecule has 1 N–H and O–H groups in total. The van der Waals surface area contributed by atoms with E-state index in [-0.39, 0.29) is 36.0 Å². The Labute approximate surface area is 150 Å². The third-order valence-corrected chi connectivity index (χ3v) is 4.45. The van der Waals surface area contributed by atoms with Gasteiger partial charge in [0.05, 0.1) is 0 Å². The molecule has 1 fully saturated rings. The predicted molar refractivity (Wildman–Crippen MR) is 98.8 cm³/mol. The summed E-state index contributed by atoms with van der Waals surface area (Å²) in [6.45, 7) is 10.0. The van der Waals surface area contributed by atoms with Gasteiger partial charge in [0.15, 0.2) is 6.61 Å². The molecule has 1 aromatic carbocycles. The summed E-state index contributed by atoms with van der Waals surface area (Å²) in [4.78, 5) is 26.5. The number of hydrogen-bond acceptors (Lipinski definition) is 3. The van der Waals surface area contributed by atoms with Crippen molar-refractivity contribution in [3.63, 3.8) is 0 Å². The van der Waals surface area contributed by atoms with Gasteiger partial charge in [0.25, 0.3) is 11.8 Å². The van der Waals surface area contributed by atoms with Crippen molar-refractivity contribution in [2.45, 2.75) is 71.5 Å². The molecule has 1 heterocycles. The lowest BCUT2D eigenvalue weighted by Gasteiger charge is -2.38. The molecule has 2 rings (SSSR count). The summed E-state index contributed by atoms with van der Waals surface area (Å²) in [6.07, 6.45) is 3.27. The molecule has 1 aromatic rings. The number of hydrogen-bond donors (Lipinski definition) is 1. The first-order chi connectivity index (χ1) is 11.7. The summed E-state index contributed by atoms with van der Waals surface area (Å²) < 4.78 is 5.63. The fourth-order valence-corrected chi connectivity index (χ4v) is 3.25. The van der Waals surface area contributed by atoms with Crippen molar-refractivity contribution in [3.05, 3.63) is 29.8 Å². The van der Waals surface area contributed by atoms with Gasteiger partial charge in [-0.15, -0.1) is 0 Å². The molecule has 5 nitrogen and oxygen atoms in total. The highest BCUT2D eigenvalue weighted by atomic mass is 16.5. The van der Waals surface area contributed by atoms with Crippen LogP contribution in [0.3, 0.4) is 0 Å². The van der Waals surface area contributed by atoms with E-state index in [1.807, 2.05) is 25.7 Å². The maximum atomic E-state index is 12.5.